The third-order valence-electron chi connectivity index (χ3n) is 3.82. The summed E-state index contributed by atoms with van der Waals surface area (Å²) >= 11 is 0. The molecule has 2 N–H and O–H groups in total. The van der Waals surface area contributed by atoms with Crippen molar-refractivity contribution in [2.24, 2.45) is 5.92 Å². The quantitative estimate of drug-likeness (QED) is 0.316. The van der Waals surface area contributed by atoms with Gasteiger partial charge in [0.05, 0.1) is 32.5 Å². The predicted molar refractivity (Wildman–Crippen MR) is 104 cm³/mol. The van der Waals surface area contributed by atoms with Gasteiger partial charge in [-0.05, 0) is 19.3 Å². The SMILES string of the molecule is COCCOCC(=O)NCCCC[C@H](NC(=O)COCCOC)C(=O)C(C)C. The van der Waals surface area contributed by atoms with Crippen LogP contribution in [-0.2, 0) is 33.3 Å². The molecular weight excluding hydrogens is 368 g/mol. The average Bonchev–Trinajstić information content (AvgIpc) is 2.66. The molecule has 164 valence electrons. The molecule has 0 aliphatic carbocycles. The molecular formula is C19H36N2O7. The van der Waals surface area contributed by atoms with Crippen LogP contribution in [0.4, 0.5) is 0 Å². The van der Waals surface area contributed by atoms with Crippen LogP contribution < -0.4 is 10.6 Å². The molecule has 0 aromatic heterocycles. The van der Waals surface area contributed by atoms with E-state index in [4.69, 9.17) is 18.9 Å². The minimum atomic E-state index is -0.549. The third-order valence-corrected chi connectivity index (χ3v) is 3.82. The fourth-order valence-electron chi connectivity index (χ4n) is 2.29. The van der Waals surface area contributed by atoms with Gasteiger partial charge < -0.3 is 29.6 Å². The highest BCUT2D eigenvalue weighted by Crippen LogP contribution is 2.08. The van der Waals surface area contributed by atoms with Gasteiger partial charge in [-0.25, -0.2) is 0 Å². The van der Waals surface area contributed by atoms with Gasteiger partial charge in [-0.3, -0.25) is 14.4 Å². The molecule has 9 nitrogen and oxygen atoms in total. The van der Waals surface area contributed by atoms with E-state index in [-0.39, 0.29) is 36.7 Å². The molecule has 0 saturated carbocycles. The van der Waals surface area contributed by atoms with Crippen LogP contribution in [0.3, 0.4) is 0 Å². The van der Waals surface area contributed by atoms with Crippen molar-refractivity contribution >= 4 is 17.6 Å². The van der Waals surface area contributed by atoms with E-state index in [1.807, 2.05) is 0 Å². The first-order chi connectivity index (χ1) is 13.4. The maximum absolute atomic E-state index is 12.3. The normalized spacial score (nSPS) is 12.0. The summed E-state index contributed by atoms with van der Waals surface area (Å²) in [6.07, 6.45) is 1.91. The number of amides is 2. The molecule has 0 fully saturated rings. The van der Waals surface area contributed by atoms with E-state index < -0.39 is 6.04 Å². The Morgan fingerprint density at radius 3 is 1.93 bits per heavy atom. The van der Waals surface area contributed by atoms with Crippen LogP contribution in [0, 0.1) is 5.92 Å². The Labute approximate surface area is 167 Å². The molecule has 28 heavy (non-hydrogen) atoms. The van der Waals surface area contributed by atoms with Crippen LogP contribution in [0.25, 0.3) is 0 Å². The number of hydrogen-bond acceptors (Lipinski definition) is 7. The Morgan fingerprint density at radius 2 is 1.39 bits per heavy atom. The van der Waals surface area contributed by atoms with Gasteiger partial charge in [0.15, 0.2) is 5.78 Å². The number of unbranched alkanes of at least 4 members (excludes halogenated alkanes) is 1. The van der Waals surface area contributed by atoms with E-state index in [9.17, 15) is 14.4 Å². The Hall–Kier alpha value is -1.55. The van der Waals surface area contributed by atoms with Crippen molar-refractivity contribution in [2.45, 2.75) is 39.2 Å². The van der Waals surface area contributed by atoms with Crippen LogP contribution in [0.2, 0.25) is 0 Å². The second-order valence-electron chi connectivity index (χ2n) is 6.61. The maximum Gasteiger partial charge on any atom is 0.246 e. The molecule has 0 unspecified atom stereocenters. The molecule has 9 heteroatoms. The number of rotatable bonds is 18. The zero-order valence-electron chi connectivity index (χ0n) is 17.6. The monoisotopic (exact) mass is 404 g/mol. The van der Waals surface area contributed by atoms with Crippen molar-refractivity contribution in [1.29, 1.82) is 0 Å². The maximum atomic E-state index is 12.3. The van der Waals surface area contributed by atoms with Crippen molar-refractivity contribution in [3.63, 3.8) is 0 Å². The summed E-state index contributed by atoms with van der Waals surface area (Å²) in [5.41, 5.74) is 0. The van der Waals surface area contributed by atoms with Gasteiger partial charge in [-0.2, -0.15) is 0 Å². The van der Waals surface area contributed by atoms with Gasteiger partial charge in [0.1, 0.15) is 13.2 Å². The standard InChI is InChI=1S/C19H36N2O7/c1-15(2)19(24)16(21-18(23)14-28-12-10-26-4)7-5-6-8-20-17(22)13-27-11-9-25-3/h15-16H,5-14H2,1-4H3,(H,20,22)(H,21,23)/t16-/m0/s1. The van der Waals surface area contributed by atoms with Gasteiger partial charge >= 0.3 is 0 Å². The number of nitrogens with one attached hydrogen (secondary N) is 2. The summed E-state index contributed by atoms with van der Waals surface area (Å²) in [6.45, 7) is 5.54. The molecule has 0 bridgehead atoms. The van der Waals surface area contributed by atoms with E-state index in [0.29, 0.717) is 52.2 Å². The van der Waals surface area contributed by atoms with Crippen molar-refractivity contribution in [3.8, 4) is 0 Å². The van der Waals surface area contributed by atoms with Crippen LogP contribution in [0.15, 0.2) is 0 Å². The Morgan fingerprint density at radius 1 is 0.821 bits per heavy atom. The number of Topliss-reactive ketones (excluding diaryl/α,β-unsaturated/α-hetero) is 1. The molecule has 0 rings (SSSR count). The van der Waals surface area contributed by atoms with E-state index in [1.165, 1.54) is 0 Å². The van der Waals surface area contributed by atoms with Gasteiger partial charge in [-0.1, -0.05) is 13.8 Å². The average molecular weight is 405 g/mol. The lowest BCUT2D eigenvalue weighted by atomic mass is 9.97. The van der Waals surface area contributed by atoms with E-state index in [1.54, 1.807) is 28.1 Å². The van der Waals surface area contributed by atoms with E-state index in [0.717, 1.165) is 0 Å². The summed E-state index contributed by atoms with van der Waals surface area (Å²) in [7, 11) is 3.12. The van der Waals surface area contributed by atoms with Crippen LogP contribution >= 0.6 is 0 Å². The zero-order chi connectivity index (χ0) is 21.2. The smallest absolute Gasteiger partial charge is 0.246 e. The summed E-state index contributed by atoms with van der Waals surface area (Å²) in [5.74, 6) is -0.700. The zero-order valence-corrected chi connectivity index (χ0v) is 17.6. The minimum absolute atomic E-state index is 0.00303. The van der Waals surface area contributed by atoms with Crippen LogP contribution in [-0.4, -0.2) is 84.0 Å². The van der Waals surface area contributed by atoms with E-state index in [2.05, 4.69) is 10.6 Å². The lowest BCUT2D eigenvalue weighted by Crippen LogP contribution is -2.44. The van der Waals surface area contributed by atoms with Crippen molar-refractivity contribution in [2.75, 3.05) is 60.4 Å². The van der Waals surface area contributed by atoms with Crippen LogP contribution in [0.1, 0.15) is 33.1 Å². The van der Waals surface area contributed by atoms with Gasteiger partial charge in [0, 0.05) is 26.7 Å². The predicted octanol–water partition coefficient (Wildman–Crippen LogP) is 0.309. The highest BCUT2D eigenvalue weighted by molar-refractivity contribution is 5.90. The fraction of sp³-hybridized carbons (Fsp3) is 0.842. The fourth-order valence-corrected chi connectivity index (χ4v) is 2.29. The highest BCUT2D eigenvalue weighted by Gasteiger charge is 2.22. The molecule has 0 saturated heterocycles. The highest BCUT2D eigenvalue weighted by atomic mass is 16.5. The molecule has 2 amide bonds. The molecule has 0 aliphatic heterocycles. The van der Waals surface area contributed by atoms with Crippen molar-refractivity contribution < 1.29 is 33.3 Å². The first kappa shape index (κ1) is 26.4. The lowest BCUT2D eigenvalue weighted by molar-refractivity contribution is -0.132. The molecule has 1 atom stereocenters. The molecule has 0 aromatic rings. The number of carbonyl (C=O) groups is 3. The van der Waals surface area contributed by atoms with Gasteiger partial charge in [0.2, 0.25) is 11.8 Å². The third kappa shape index (κ3) is 14.5. The number of ketones is 1. The minimum Gasteiger partial charge on any atom is -0.382 e. The summed E-state index contributed by atoms with van der Waals surface area (Å²) in [6, 6.07) is -0.549. The summed E-state index contributed by atoms with van der Waals surface area (Å²) < 4.78 is 20.0. The molecule has 0 radical (unpaired) electrons. The Kier molecular flexibility index (Phi) is 16.6. The summed E-state index contributed by atoms with van der Waals surface area (Å²) in [5, 5.41) is 5.50. The second-order valence-corrected chi connectivity index (χ2v) is 6.61. The number of hydrogen-bond donors (Lipinski definition) is 2. The van der Waals surface area contributed by atoms with E-state index >= 15 is 0 Å². The largest absolute Gasteiger partial charge is 0.382 e. The number of carbonyl (C=O) groups excluding carboxylic acids is 3. The van der Waals surface area contributed by atoms with Gasteiger partial charge in [0.25, 0.3) is 0 Å². The molecule has 0 heterocycles. The topological polar surface area (TPSA) is 112 Å². The first-order valence-corrected chi connectivity index (χ1v) is 9.65. The first-order valence-electron chi connectivity index (χ1n) is 9.65. The van der Waals surface area contributed by atoms with Crippen LogP contribution in [0.5, 0.6) is 0 Å². The molecule has 0 aromatic carbocycles. The second kappa shape index (κ2) is 17.5. The lowest BCUT2D eigenvalue weighted by Gasteiger charge is -2.19. The Balaban J connectivity index is 4.10. The van der Waals surface area contributed by atoms with Gasteiger partial charge in [-0.15, -0.1) is 0 Å². The molecule has 0 aliphatic rings. The van der Waals surface area contributed by atoms with Crippen molar-refractivity contribution in [3.05, 3.63) is 0 Å². The number of methoxy groups -OCH3 is 2. The number of ether oxygens (including phenoxy) is 4. The Bertz CT molecular complexity index is 444. The summed E-state index contributed by atoms with van der Waals surface area (Å²) in [4.78, 5) is 35.9. The van der Waals surface area contributed by atoms with Crippen molar-refractivity contribution in [1.82, 2.24) is 10.6 Å². The molecule has 0 spiro atoms.